The second kappa shape index (κ2) is 5.29. The standard InChI is InChI=1S/C13H20N2O2/c1-7-5-8(2)10(9(3)6-7)12(15-4)11(14)13(16)17/h5-6,11-12,15H,14H2,1-4H3,(H,16,17). The first kappa shape index (κ1) is 13.7. The van der Waals surface area contributed by atoms with E-state index in [0.717, 1.165) is 16.7 Å². The van der Waals surface area contributed by atoms with Crippen molar-refractivity contribution in [3.8, 4) is 0 Å². The van der Waals surface area contributed by atoms with E-state index in [1.807, 2.05) is 32.9 Å². The van der Waals surface area contributed by atoms with Gasteiger partial charge < -0.3 is 16.2 Å². The van der Waals surface area contributed by atoms with Crippen molar-refractivity contribution in [1.29, 1.82) is 0 Å². The first-order chi connectivity index (χ1) is 7.88. The van der Waals surface area contributed by atoms with Gasteiger partial charge >= 0.3 is 5.97 Å². The van der Waals surface area contributed by atoms with Gasteiger partial charge in [0.15, 0.2) is 0 Å². The lowest BCUT2D eigenvalue weighted by Gasteiger charge is -2.24. The van der Waals surface area contributed by atoms with E-state index in [0.29, 0.717) is 0 Å². The molecule has 0 bridgehead atoms. The Morgan fingerprint density at radius 1 is 1.29 bits per heavy atom. The minimum Gasteiger partial charge on any atom is -0.480 e. The number of hydrogen-bond donors (Lipinski definition) is 3. The maximum atomic E-state index is 11.0. The van der Waals surface area contributed by atoms with Crippen LogP contribution in [0, 0.1) is 20.8 Å². The molecule has 0 heterocycles. The molecule has 0 amide bonds. The van der Waals surface area contributed by atoms with Gasteiger partial charge in [0.1, 0.15) is 6.04 Å². The SMILES string of the molecule is CNC(c1c(C)cc(C)cc1C)C(N)C(=O)O. The highest BCUT2D eigenvalue weighted by Crippen LogP contribution is 2.25. The Morgan fingerprint density at radius 3 is 2.12 bits per heavy atom. The first-order valence-electron chi connectivity index (χ1n) is 5.62. The van der Waals surface area contributed by atoms with Crippen molar-refractivity contribution < 1.29 is 9.90 Å². The van der Waals surface area contributed by atoms with Crippen molar-refractivity contribution in [3.05, 3.63) is 34.4 Å². The molecular formula is C13H20N2O2. The molecular weight excluding hydrogens is 216 g/mol. The van der Waals surface area contributed by atoms with Gasteiger partial charge in [0, 0.05) is 0 Å². The van der Waals surface area contributed by atoms with Crippen LogP contribution in [-0.2, 0) is 4.79 Å². The Balaban J connectivity index is 3.25. The molecule has 94 valence electrons. The fourth-order valence-electron chi connectivity index (χ4n) is 2.33. The Hall–Kier alpha value is -1.39. The van der Waals surface area contributed by atoms with Crippen LogP contribution in [-0.4, -0.2) is 24.2 Å². The first-order valence-corrected chi connectivity index (χ1v) is 5.62. The summed E-state index contributed by atoms with van der Waals surface area (Å²) in [5, 5.41) is 12.0. The molecule has 1 rings (SSSR count). The number of carbonyl (C=O) groups is 1. The third-order valence-corrected chi connectivity index (χ3v) is 3.00. The van der Waals surface area contributed by atoms with E-state index in [9.17, 15) is 4.79 Å². The fourth-order valence-corrected chi connectivity index (χ4v) is 2.33. The van der Waals surface area contributed by atoms with Crippen molar-refractivity contribution in [3.63, 3.8) is 0 Å². The van der Waals surface area contributed by atoms with E-state index in [-0.39, 0.29) is 6.04 Å². The Kier molecular flexibility index (Phi) is 4.26. The molecule has 0 aromatic heterocycles. The van der Waals surface area contributed by atoms with Gasteiger partial charge in [-0.15, -0.1) is 0 Å². The fraction of sp³-hybridized carbons (Fsp3) is 0.462. The van der Waals surface area contributed by atoms with Crippen LogP contribution < -0.4 is 11.1 Å². The van der Waals surface area contributed by atoms with Gasteiger partial charge in [-0.25, -0.2) is 0 Å². The second-order valence-electron chi connectivity index (χ2n) is 4.44. The molecule has 0 aliphatic heterocycles. The highest BCUT2D eigenvalue weighted by Gasteiger charge is 2.26. The largest absolute Gasteiger partial charge is 0.480 e. The lowest BCUT2D eigenvalue weighted by molar-refractivity contribution is -0.139. The lowest BCUT2D eigenvalue weighted by Crippen LogP contribution is -2.43. The van der Waals surface area contributed by atoms with Crippen molar-refractivity contribution in [2.45, 2.75) is 32.9 Å². The number of nitrogens with one attached hydrogen (secondary N) is 1. The molecule has 2 unspecified atom stereocenters. The zero-order valence-electron chi connectivity index (χ0n) is 10.7. The van der Waals surface area contributed by atoms with Crippen molar-refractivity contribution in [1.82, 2.24) is 5.32 Å². The van der Waals surface area contributed by atoms with E-state index in [4.69, 9.17) is 10.8 Å². The van der Waals surface area contributed by atoms with Crippen LogP contribution in [0.3, 0.4) is 0 Å². The van der Waals surface area contributed by atoms with E-state index in [1.54, 1.807) is 7.05 Å². The number of nitrogens with two attached hydrogens (primary N) is 1. The molecule has 4 nitrogen and oxygen atoms in total. The summed E-state index contributed by atoms with van der Waals surface area (Å²) in [6, 6.07) is 2.77. The molecule has 4 heteroatoms. The van der Waals surface area contributed by atoms with Crippen LogP contribution in [0.4, 0.5) is 0 Å². The van der Waals surface area contributed by atoms with Gasteiger partial charge in [-0.2, -0.15) is 0 Å². The van der Waals surface area contributed by atoms with Crippen LogP contribution >= 0.6 is 0 Å². The van der Waals surface area contributed by atoms with E-state index in [2.05, 4.69) is 5.32 Å². The van der Waals surface area contributed by atoms with Crippen LogP contribution in [0.1, 0.15) is 28.3 Å². The number of rotatable bonds is 4. The number of hydrogen-bond acceptors (Lipinski definition) is 3. The monoisotopic (exact) mass is 236 g/mol. The summed E-state index contributed by atoms with van der Waals surface area (Å²) in [7, 11) is 1.73. The summed E-state index contributed by atoms with van der Waals surface area (Å²) in [6.45, 7) is 5.98. The lowest BCUT2D eigenvalue weighted by atomic mass is 9.90. The Bertz CT molecular complexity index is 406. The number of aliphatic carboxylic acids is 1. The van der Waals surface area contributed by atoms with Crippen molar-refractivity contribution in [2.24, 2.45) is 5.73 Å². The molecule has 1 aromatic rings. The highest BCUT2D eigenvalue weighted by molar-refractivity contribution is 5.74. The normalized spacial score (nSPS) is 14.4. The molecule has 2 atom stereocenters. The zero-order valence-corrected chi connectivity index (χ0v) is 10.7. The van der Waals surface area contributed by atoms with Crippen LogP contribution in [0.25, 0.3) is 0 Å². The minimum absolute atomic E-state index is 0.368. The minimum atomic E-state index is -0.997. The third kappa shape index (κ3) is 2.84. The Labute approximate surface area is 102 Å². The van der Waals surface area contributed by atoms with Gasteiger partial charge in [0.25, 0.3) is 0 Å². The van der Waals surface area contributed by atoms with Crippen LogP contribution in [0.15, 0.2) is 12.1 Å². The summed E-state index contributed by atoms with van der Waals surface area (Å²) in [5.74, 6) is -0.997. The molecule has 17 heavy (non-hydrogen) atoms. The summed E-state index contributed by atoms with van der Waals surface area (Å²) in [6.07, 6.45) is 0. The smallest absolute Gasteiger partial charge is 0.322 e. The summed E-state index contributed by atoms with van der Waals surface area (Å²) >= 11 is 0. The molecule has 0 saturated carbocycles. The van der Waals surface area contributed by atoms with Gasteiger partial charge in [0.2, 0.25) is 0 Å². The second-order valence-corrected chi connectivity index (χ2v) is 4.44. The van der Waals surface area contributed by atoms with Crippen LogP contribution in [0.5, 0.6) is 0 Å². The molecule has 0 radical (unpaired) electrons. The number of carboxylic acids is 1. The van der Waals surface area contributed by atoms with Gasteiger partial charge in [-0.3, -0.25) is 4.79 Å². The van der Waals surface area contributed by atoms with E-state index < -0.39 is 12.0 Å². The van der Waals surface area contributed by atoms with Gasteiger partial charge in [-0.05, 0) is 44.5 Å². The van der Waals surface area contributed by atoms with E-state index >= 15 is 0 Å². The van der Waals surface area contributed by atoms with Gasteiger partial charge in [0.05, 0.1) is 6.04 Å². The Morgan fingerprint density at radius 2 is 1.76 bits per heavy atom. The quantitative estimate of drug-likeness (QED) is 0.736. The zero-order chi connectivity index (χ0) is 13.2. The predicted octanol–water partition coefficient (Wildman–Crippen LogP) is 1.28. The summed E-state index contributed by atoms with van der Waals surface area (Å²) < 4.78 is 0. The maximum absolute atomic E-state index is 11.0. The predicted molar refractivity (Wildman–Crippen MR) is 68.1 cm³/mol. The van der Waals surface area contributed by atoms with Crippen LogP contribution in [0.2, 0.25) is 0 Å². The number of benzene rings is 1. The molecule has 0 aliphatic carbocycles. The van der Waals surface area contributed by atoms with E-state index in [1.165, 1.54) is 5.56 Å². The summed E-state index contributed by atoms with van der Waals surface area (Å²) in [5.41, 5.74) is 10.0. The van der Waals surface area contributed by atoms with Gasteiger partial charge in [-0.1, -0.05) is 17.7 Å². The maximum Gasteiger partial charge on any atom is 0.322 e. The molecule has 0 spiro atoms. The number of aryl methyl sites for hydroxylation is 3. The average molecular weight is 236 g/mol. The molecule has 0 saturated heterocycles. The van der Waals surface area contributed by atoms with Crippen molar-refractivity contribution in [2.75, 3.05) is 7.05 Å². The highest BCUT2D eigenvalue weighted by atomic mass is 16.4. The third-order valence-electron chi connectivity index (χ3n) is 3.00. The number of carboxylic acid groups (broad SMARTS) is 1. The summed E-state index contributed by atoms with van der Waals surface area (Å²) in [4.78, 5) is 11.0. The average Bonchev–Trinajstić information content (AvgIpc) is 2.21. The number of likely N-dealkylation sites (N-methyl/N-ethyl adjacent to an activating group) is 1. The topological polar surface area (TPSA) is 75.3 Å². The van der Waals surface area contributed by atoms with Crippen molar-refractivity contribution >= 4 is 5.97 Å². The molecule has 0 fully saturated rings. The molecule has 1 aromatic carbocycles. The molecule has 4 N–H and O–H groups in total. The molecule has 0 aliphatic rings.